The average molecular weight is 391 g/mol. The highest BCUT2D eigenvalue weighted by atomic mass is 79.9. The second kappa shape index (κ2) is 5.03. The first-order valence-electron chi connectivity index (χ1n) is 4.54. The van der Waals surface area contributed by atoms with Crippen molar-refractivity contribution >= 4 is 53.2 Å². The van der Waals surface area contributed by atoms with Crippen LogP contribution in [0.3, 0.4) is 0 Å². The van der Waals surface area contributed by atoms with E-state index in [0.29, 0.717) is 30.5 Å². The van der Waals surface area contributed by atoms with Crippen molar-refractivity contribution in [1.82, 2.24) is 4.31 Å². The molecule has 4 nitrogen and oxygen atoms in total. The molecule has 0 saturated carbocycles. The first kappa shape index (κ1) is 13.0. The monoisotopic (exact) mass is 389 g/mol. The molecule has 0 aromatic carbocycles. The minimum atomic E-state index is -3.35. The van der Waals surface area contributed by atoms with Crippen LogP contribution < -0.4 is 0 Å². The molecular formula is C8H9Br2NO3S2. The van der Waals surface area contributed by atoms with Gasteiger partial charge in [-0.05, 0) is 37.9 Å². The van der Waals surface area contributed by atoms with Crippen molar-refractivity contribution < 1.29 is 13.2 Å². The zero-order valence-corrected chi connectivity index (χ0v) is 13.0. The van der Waals surface area contributed by atoms with Crippen molar-refractivity contribution in [3.63, 3.8) is 0 Å². The van der Waals surface area contributed by atoms with E-state index in [1.54, 1.807) is 6.07 Å². The van der Waals surface area contributed by atoms with E-state index >= 15 is 0 Å². The highest BCUT2D eigenvalue weighted by molar-refractivity contribution is 9.13. The predicted molar refractivity (Wildman–Crippen MR) is 69.3 cm³/mol. The molecule has 1 saturated heterocycles. The van der Waals surface area contributed by atoms with E-state index in [0.717, 1.165) is 8.26 Å². The molecule has 1 aliphatic rings. The van der Waals surface area contributed by atoms with Crippen LogP contribution in [0.15, 0.2) is 18.5 Å². The molecule has 0 radical (unpaired) electrons. The van der Waals surface area contributed by atoms with Crippen LogP contribution in [0.1, 0.15) is 0 Å². The maximum absolute atomic E-state index is 12.2. The third-order valence-electron chi connectivity index (χ3n) is 2.19. The van der Waals surface area contributed by atoms with Gasteiger partial charge in [0, 0.05) is 17.6 Å². The highest BCUT2D eigenvalue weighted by Crippen LogP contribution is 2.36. The van der Waals surface area contributed by atoms with Crippen molar-refractivity contribution in [2.75, 3.05) is 26.3 Å². The number of hydrogen-bond donors (Lipinski definition) is 0. The summed E-state index contributed by atoms with van der Waals surface area (Å²) < 4.78 is 32.9. The number of nitrogens with zero attached hydrogens (tertiary/aromatic N) is 1. The van der Waals surface area contributed by atoms with Crippen LogP contribution in [0.4, 0.5) is 0 Å². The van der Waals surface area contributed by atoms with Gasteiger partial charge in [0.25, 0.3) is 10.0 Å². The molecule has 2 heterocycles. The lowest BCUT2D eigenvalue weighted by molar-refractivity contribution is 0.0731. The van der Waals surface area contributed by atoms with E-state index < -0.39 is 10.0 Å². The number of halogens is 2. The average Bonchev–Trinajstić information content (AvgIpc) is 2.61. The van der Waals surface area contributed by atoms with Crippen molar-refractivity contribution in [3.8, 4) is 0 Å². The molecule has 0 amide bonds. The maximum Gasteiger partial charge on any atom is 0.252 e. The van der Waals surface area contributed by atoms with Gasteiger partial charge in [-0.25, -0.2) is 8.42 Å². The van der Waals surface area contributed by atoms with E-state index in [4.69, 9.17) is 4.74 Å². The van der Waals surface area contributed by atoms with Gasteiger partial charge in [0.05, 0.1) is 17.0 Å². The highest BCUT2D eigenvalue weighted by Gasteiger charge is 2.28. The maximum atomic E-state index is 12.2. The van der Waals surface area contributed by atoms with Crippen molar-refractivity contribution in [2.45, 2.75) is 4.21 Å². The molecule has 0 atom stereocenters. The largest absolute Gasteiger partial charge is 0.379 e. The van der Waals surface area contributed by atoms with Crippen LogP contribution in [-0.2, 0) is 14.8 Å². The van der Waals surface area contributed by atoms with E-state index in [2.05, 4.69) is 31.9 Å². The zero-order chi connectivity index (χ0) is 11.8. The molecule has 2 rings (SSSR count). The van der Waals surface area contributed by atoms with Gasteiger partial charge in [0.15, 0.2) is 0 Å². The van der Waals surface area contributed by atoms with Gasteiger partial charge in [-0.15, -0.1) is 11.3 Å². The number of hydrogen-bond acceptors (Lipinski definition) is 4. The van der Waals surface area contributed by atoms with E-state index in [1.807, 2.05) is 0 Å². The summed E-state index contributed by atoms with van der Waals surface area (Å²) >= 11 is 7.80. The molecule has 0 bridgehead atoms. The SMILES string of the molecule is O=S(=O)(c1cc(Br)c(Br)s1)N1CCOCC1. The number of morpholine rings is 1. The van der Waals surface area contributed by atoms with Crippen molar-refractivity contribution in [3.05, 3.63) is 14.3 Å². The molecule has 1 aromatic rings. The van der Waals surface area contributed by atoms with Crippen LogP contribution in [0, 0.1) is 0 Å². The normalized spacial score (nSPS) is 18.9. The quantitative estimate of drug-likeness (QED) is 0.778. The minimum absolute atomic E-state index is 0.355. The van der Waals surface area contributed by atoms with Gasteiger partial charge in [-0.2, -0.15) is 4.31 Å². The van der Waals surface area contributed by atoms with Gasteiger partial charge in [0.2, 0.25) is 0 Å². The molecule has 0 N–H and O–H groups in total. The fourth-order valence-corrected chi connectivity index (χ4v) is 5.75. The Balaban J connectivity index is 2.30. The summed E-state index contributed by atoms with van der Waals surface area (Å²) in [6, 6.07) is 1.62. The summed E-state index contributed by atoms with van der Waals surface area (Å²) in [7, 11) is -3.35. The van der Waals surface area contributed by atoms with Gasteiger partial charge >= 0.3 is 0 Å². The lowest BCUT2D eigenvalue weighted by atomic mass is 10.5. The minimum Gasteiger partial charge on any atom is -0.379 e. The smallest absolute Gasteiger partial charge is 0.252 e. The van der Waals surface area contributed by atoms with E-state index in [9.17, 15) is 8.42 Å². The Morgan fingerprint density at radius 1 is 1.31 bits per heavy atom. The molecule has 0 unspecified atom stereocenters. The molecule has 1 aliphatic heterocycles. The predicted octanol–water partition coefficient (Wildman–Crippen LogP) is 2.29. The Bertz CT molecular complexity index is 460. The van der Waals surface area contributed by atoms with Crippen LogP contribution >= 0.6 is 43.2 Å². The molecule has 8 heteroatoms. The molecular weight excluding hydrogens is 382 g/mol. The van der Waals surface area contributed by atoms with Crippen LogP contribution in [0.2, 0.25) is 0 Å². The molecule has 1 aromatic heterocycles. The lowest BCUT2D eigenvalue weighted by Gasteiger charge is -2.25. The first-order chi connectivity index (χ1) is 7.51. The summed E-state index contributed by atoms with van der Waals surface area (Å²) in [6.45, 7) is 1.78. The lowest BCUT2D eigenvalue weighted by Crippen LogP contribution is -2.40. The summed E-state index contributed by atoms with van der Waals surface area (Å²) in [5.41, 5.74) is 0. The zero-order valence-electron chi connectivity index (χ0n) is 8.15. The summed E-state index contributed by atoms with van der Waals surface area (Å²) in [4.78, 5) is 0. The third-order valence-corrected chi connectivity index (χ3v) is 7.79. The molecule has 16 heavy (non-hydrogen) atoms. The van der Waals surface area contributed by atoms with Crippen molar-refractivity contribution in [1.29, 1.82) is 0 Å². The summed E-state index contributed by atoms with van der Waals surface area (Å²) in [5, 5.41) is 0. The van der Waals surface area contributed by atoms with Gasteiger partial charge in [0.1, 0.15) is 4.21 Å². The molecule has 0 aliphatic carbocycles. The second-order valence-electron chi connectivity index (χ2n) is 3.20. The van der Waals surface area contributed by atoms with Crippen LogP contribution in [0.25, 0.3) is 0 Å². The Morgan fingerprint density at radius 2 is 1.94 bits per heavy atom. The first-order valence-corrected chi connectivity index (χ1v) is 8.39. The third kappa shape index (κ3) is 2.51. The Hall–Kier alpha value is 0.530. The number of ether oxygens (including phenoxy) is 1. The Morgan fingerprint density at radius 3 is 2.44 bits per heavy atom. The summed E-state index contributed by atoms with van der Waals surface area (Å²) in [5.74, 6) is 0. The standard InChI is InChI=1S/C8H9Br2NO3S2/c9-6-5-7(15-8(6)10)16(12,13)11-1-3-14-4-2-11/h5H,1-4H2. The second-order valence-corrected chi connectivity index (χ2v) is 8.59. The van der Waals surface area contributed by atoms with Crippen molar-refractivity contribution in [2.24, 2.45) is 0 Å². The topological polar surface area (TPSA) is 46.6 Å². The van der Waals surface area contributed by atoms with Gasteiger partial charge in [-0.3, -0.25) is 0 Å². The fraction of sp³-hybridized carbons (Fsp3) is 0.500. The Labute approximate surface area is 115 Å². The number of thiophene rings is 1. The van der Waals surface area contributed by atoms with Crippen LogP contribution in [-0.4, -0.2) is 39.0 Å². The van der Waals surface area contributed by atoms with E-state index in [-0.39, 0.29) is 0 Å². The molecule has 1 fully saturated rings. The molecule has 90 valence electrons. The Kier molecular flexibility index (Phi) is 4.08. The van der Waals surface area contributed by atoms with Crippen LogP contribution in [0.5, 0.6) is 0 Å². The number of sulfonamides is 1. The van der Waals surface area contributed by atoms with Gasteiger partial charge < -0.3 is 4.74 Å². The van der Waals surface area contributed by atoms with E-state index in [1.165, 1.54) is 15.6 Å². The number of rotatable bonds is 2. The van der Waals surface area contributed by atoms with Gasteiger partial charge in [-0.1, -0.05) is 0 Å². The fourth-order valence-electron chi connectivity index (χ4n) is 1.37. The molecule has 0 spiro atoms. The summed E-state index contributed by atoms with van der Waals surface area (Å²) in [6.07, 6.45) is 0.